The number of carbonyl (C=O) groups is 3. The van der Waals surface area contributed by atoms with Gasteiger partial charge >= 0.3 is 19.5 Å². The van der Waals surface area contributed by atoms with Gasteiger partial charge in [0.25, 0.3) is 0 Å². The molecular weight excluding hydrogens is 483 g/mol. The summed E-state index contributed by atoms with van der Waals surface area (Å²) in [5.74, 6) is -2.55. The van der Waals surface area contributed by atoms with Crippen LogP contribution in [0.3, 0.4) is 0 Å². The zero-order valence-electron chi connectivity index (χ0n) is 18.9. The van der Waals surface area contributed by atoms with E-state index in [4.69, 9.17) is 9.79 Å². The number of nitrogens with zero attached hydrogens (tertiary/aromatic N) is 1. The lowest BCUT2D eigenvalue weighted by molar-refractivity contribution is -0.142. The molecule has 0 aliphatic rings. The van der Waals surface area contributed by atoms with E-state index in [0.717, 1.165) is 10.8 Å². The van der Waals surface area contributed by atoms with Gasteiger partial charge in [0.2, 0.25) is 5.91 Å². The molecule has 0 bridgehead atoms. The number of nitrogens with one attached hydrogen (secondary N) is 1. The first kappa shape index (κ1) is 27.9. The summed E-state index contributed by atoms with van der Waals surface area (Å²) < 4.78 is 12.6. The number of hydrogen-bond donors (Lipinski definition) is 5. The van der Waals surface area contributed by atoms with Gasteiger partial charge in [-0.1, -0.05) is 44.0 Å². The number of unbranched alkanes of at least 4 members (excludes halogenated alkanes) is 2. The first-order valence-electron chi connectivity index (χ1n) is 11.1. The van der Waals surface area contributed by atoms with Gasteiger partial charge in [-0.25, -0.2) is 9.59 Å². The van der Waals surface area contributed by atoms with Crippen LogP contribution in [0.2, 0.25) is 0 Å². The maximum absolute atomic E-state index is 12.1. The molecule has 2 atom stereocenters. The predicted octanol–water partition coefficient (Wildman–Crippen LogP) is 3.47. The second kappa shape index (κ2) is 12.9. The van der Waals surface area contributed by atoms with Crippen molar-refractivity contribution in [3.05, 3.63) is 30.5 Å². The van der Waals surface area contributed by atoms with Gasteiger partial charge in [0.05, 0.1) is 5.03 Å². The van der Waals surface area contributed by atoms with Crippen LogP contribution in [0.5, 0.6) is 0 Å². The maximum atomic E-state index is 12.1. The molecule has 34 heavy (non-hydrogen) atoms. The second-order valence-corrected chi connectivity index (χ2v) is 10.8. The van der Waals surface area contributed by atoms with E-state index in [9.17, 15) is 29.2 Å². The molecule has 1 unspecified atom stereocenters. The zero-order chi connectivity index (χ0) is 25.3. The minimum Gasteiger partial charge on any atom is -0.480 e. The fourth-order valence-electron chi connectivity index (χ4n) is 3.58. The first-order valence-corrected chi connectivity index (χ1v) is 13.8. The van der Waals surface area contributed by atoms with Crippen molar-refractivity contribution < 1.29 is 38.9 Å². The number of carbonyl (C=O) groups excluding carboxylic acids is 1. The third kappa shape index (κ3) is 8.47. The standard InChI is InChI=1S/C22H31N2O8PS/c1-2-8-19(25)23-17(21(26)27)14-34-20-16-10-6-5-9-15(16)13-24(20)18(22(28)29)11-4-3-7-12-33(30,31)32/h5-6,9-10,13,17-18H,2-4,7-8,11-12,14H2,1H3,(H,23,25)(H,26,27)(H,28,29)(H2,30,31,32)/t17-,18?/m0/s1. The molecule has 0 fully saturated rings. The van der Waals surface area contributed by atoms with E-state index in [1.807, 2.05) is 31.2 Å². The number of benzene rings is 1. The number of aromatic nitrogens is 1. The summed E-state index contributed by atoms with van der Waals surface area (Å²) in [7, 11) is -4.08. The van der Waals surface area contributed by atoms with Crippen molar-refractivity contribution >= 4 is 48.0 Å². The van der Waals surface area contributed by atoms with Gasteiger partial charge in [-0.05, 0) is 19.3 Å². The topological polar surface area (TPSA) is 166 Å². The Kier molecular flexibility index (Phi) is 10.6. The second-order valence-electron chi connectivity index (χ2n) is 8.04. The Labute approximate surface area is 201 Å². The Morgan fingerprint density at radius 2 is 1.79 bits per heavy atom. The normalized spacial score (nSPS) is 13.5. The summed E-state index contributed by atoms with van der Waals surface area (Å²) in [4.78, 5) is 53.7. The van der Waals surface area contributed by atoms with Gasteiger partial charge < -0.3 is 29.9 Å². The van der Waals surface area contributed by atoms with Gasteiger partial charge in [-0.15, -0.1) is 11.8 Å². The summed E-state index contributed by atoms with van der Waals surface area (Å²) in [6, 6.07) is 5.26. The van der Waals surface area contributed by atoms with Crippen LogP contribution in [0.25, 0.3) is 10.8 Å². The molecule has 2 rings (SSSR count). The molecule has 5 N–H and O–H groups in total. The molecule has 10 nitrogen and oxygen atoms in total. The average Bonchev–Trinajstić information content (AvgIpc) is 3.10. The van der Waals surface area contributed by atoms with Crippen LogP contribution in [-0.2, 0) is 18.9 Å². The third-order valence-corrected chi connectivity index (χ3v) is 7.35. The SMILES string of the molecule is CCCC(=O)N[C@@H](CSc1c2ccccc2cn1C(CCCCCP(=O)(O)O)C(=O)O)C(=O)O. The van der Waals surface area contributed by atoms with E-state index in [0.29, 0.717) is 30.7 Å². The molecule has 0 radical (unpaired) electrons. The number of amides is 1. The summed E-state index contributed by atoms with van der Waals surface area (Å²) >= 11 is 1.17. The first-order chi connectivity index (χ1) is 16.0. The van der Waals surface area contributed by atoms with Crippen molar-refractivity contribution in [1.82, 2.24) is 9.88 Å². The highest BCUT2D eigenvalue weighted by Gasteiger charge is 2.26. The molecule has 2 aromatic rings. The maximum Gasteiger partial charge on any atom is 0.327 e. The lowest BCUT2D eigenvalue weighted by Crippen LogP contribution is -2.42. The molecule has 1 aromatic heterocycles. The number of thioether (sulfide) groups is 1. The van der Waals surface area contributed by atoms with Crippen molar-refractivity contribution in [2.24, 2.45) is 0 Å². The van der Waals surface area contributed by atoms with Crippen molar-refractivity contribution in [2.45, 2.75) is 62.6 Å². The number of fused-ring (bicyclic) bond motifs is 1. The van der Waals surface area contributed by atoms with Crippen molar-refractivity contribution in [1.29, 1.82) is 0 Å². The van der Waals surface area contributed by atoms with Crippen LogP contribution in [0, 0.1) is 0 Å². The molecular formula is C22H31N2O8PS. The molecule has 0 saturated heterocycles. The molecule has 0 aliphatic carbocycles. The van der Waals surface area contributed by atoms with Gasteiger partial charge in [0, 0.05) is 35.3 Å². The zero-order valence-corrected chi connectivity index (χ0v) is 20.6. The highest BCUT2D eigenvalue weighted by Crippen LogP contribution is 2.37. The minimum atomic E-state index is -4.08. The number of hydrogen-bond acceptors (Lipinski definition) is 5. The molecule has 0 aliphatic heterocycles. The van der Waals surface area contributed by atoms with E-state index >= 15 is 0 Å². The molecule has 1 amide bonds. The van der Waals surface area contributed by atoms with Crippen molar-refractivity contribution in [3.63, 3.8) is 0 Å². The van der Waals surface area contributed by atoms with Crippen LogP contribution in [-0.4, -0.2) is 60.4 Å². The van der Waals surface area contributed by atoms with Crippen LogP contribution in [0.4, 0.5) is 0 Å². The largest absolute Gasteiger partial charge is 0.480 e. The highest BCUT2D eigenvalue weighted by atomic mass is 32.2. The van der Waals surface area contributed by atoms with Gasteiger partial charge in [-0.3, -0.25) is 9.36 Å². The Hall–Kier alpha value is -2.33. The van der Waals surface area contributed by atoms with Crippen LogP contribution in [0.15, 0.2) is 35.5 Å². The van der Waals surface area contributed by atoms with E-state index in [-0.39, 0.29) is 30.7 Å². The minimum absolute atomic E-state index is 0.0212. The van der Waals surface area contributed by atoms with Crippen molar-refractivity contribution in [3.8, 4) is 0 Å². The fourth-order valence-corrected chi connectivity index (χ4v) is 5.44. The number of aliphatic carboxylic acids is 2. The molecule has 1 heterocycles. The van der Waals surface area contributed by atoms with E-state index < -0.39 is 31.6 Å². The third-order valence-electron chi connectivity index (χ3n) is 5.25. The van der Waals surface area contributed by atoms with Gasteiger partial charge in [-0.2, -0.15) is 0 Å². The van der Waals surface area contributed by atoms with Gasteiger partial charge in [0.15, 0.2) is 0 Å². The highest BCUT2D eigenvalue weighted by molar-refractivity contribution is 7.99. The predicted molar refractivity (Wildman–Crippen MR) is 129 cm³/mol. The van der Waals surface area contributed by atoms with Crippen molar-refractivity contribution in [2.75, 3.05) is 11.9 Å². The number of carboxylic acids is 2. The van der Waals surface area contributed by atoms with Crippen LogP contribution in [0.1, 0.15) is 51.5 Å². The number of carboxylic acid groups (broad SMARTS) is 2. The fraction of sp³-hybridized carbons (Fsp3) is 0.500. The lowest BCUT2D eigenvalue weighted by atomic mass is 10.1. The molecule has 188 valence electrons. The molecule has 0 spiro atoms. The number of rotatable bonds is 15. The quantitative estimate of drug-likeness (QED) is 0.136. The average molecular weight is 515 g/mol. The van der Waals surface area contributed by atoms with E-state index in [1.165, 1.54) is 11.8 Å². The smallest absolute Gasteiger partial charge is 0.327 e. The Bertz CT molecular complexity index is 1050. The molecule has 1 aromatic carbocycles. The Balaban J connectivity index is 2.23. The molecule has 12 heteroatoms. The lowest BCUT2D eigenvalue weighted by Gasteiger charge is -2.19. The Morgan fingerprint density at radius 3 is 2.41 bits per heavy atom. The summed E-state index contributed by atoms with van der Waals surface area (Å²) in [5, 5.41) is 24.1. The monoisotopic (exact) mass is 514 g/mol. The van der Waals surface area contributed by atoms with Gasteiger partial charge in [0.1, 0.15) is 12.1 Å². The van der Waals surface area contributed by atoms with Crippen LogP contribution < -0.4 is 5.32 Å². The van der Waals surface area contributed by atoms with E-state index in [1.54, 1.807) is 10.8 Å². The summed E-state index contributed by atoms with van der Waals surface area (Å²) in [6.07, 6.45) is 3.77. The summed E-state index contributed by atoms with van der Waals surface area (Å²) in [6.45, 7) is 1.82. The summed E-state index contributed by atoms with van der Waals surface area (Å²) in [5.41, 5.74) is 0. The molecule has 0 saturated carbocycles. The van der Waals surface area contributed by atoms with Crippen LogP contribution >= 0.6 is 19.4 Å². The van der Waals surface area contributed by atoms with E-state index in [2.05, 4.69) is 5.32 Å². The Morgan fingerprint density at radius 1 is 1.09 bits per heavy atom.